The summed E-state index contributed by atoms with van der Waals surface area (Å²) in [7, 11) is 0. The Morgan fingerprint density at radius 1 is 1.21 bits per heavy atom. The van der Waals surface area contributed by atoms with E-state index in [0.717, 1.165) is 28.5 Å². The van der Waals surface area contributed by atoms with Gasteiger partial charge in [0.25, 0.3) is 0 Å². The van der Waals surface area contributed by atoms with Crippen LogP contribution in [0.3, 0.4) is 0 Å². The summed E-state index contributed by atoms with van der Waals surface area (Å²) in [4.78, 5) is 12.5. The lowest BCUT2D eigenvalue weighted by molar-refractivity contribution is -0.117. The third-order valence-corrected chi connectivity index (χ3v) is 4.90. The van der Waals surface area contributed by atoms with E-state index in [-0.39, 0.29) is 11.9 Å². The van der Waals surface area contributed by atoms with Crippen LogP contribution in [0.25, 0.3) is 17.0 Å². The lowest BCUT2D eigenvalue weighted by Crippen LogP contribution is -2.26. The lowest BCUT2D eigenvalue weighted by atomic mass is 10.0. The fourth-order valence-corrected chi connectivity index (χ4v) is 3.37. The number of benzene rings is 2. The number of aryl methyl sites for hydroxylation is 2. The topological polar surface area (TPSA) is 57.8 Å². The summed E-state index contributed by atoms with van der Waals surface area (Å²) >= 11 is 0. The van der Waals surface area contributed by atoms with E-state index in [9.17, 15) is 4.79 Å². The highest BCUT2D eigenvalue weighted by Crippen LogP contribution is 2.23. The number of fused-ring (bicyclic) bond motifs is 1. The van der Waals surface area contributed by atoms with E-state index < -0.39 is 0 Å². The molecule has 3 rings (SSSR count). The maximum absolute atomic E-state index is 12.5. The Morgan fingerprint density at radius 3 is 2.68 bits per heavy atom. The third kappa shape index (κ3) is 4.50. The Hall–Kier alpha value is -3.32. The van der Waals surface area contributed by atoms with Crippen LogP contribution in [-0.4, -0.2) is 10.5 Å². The second-order valence-corrected chi connectivity index (χ2v) is 6.92. The van der Waals surface area contributed by atoms with Gasteiger partial charge < -0.3 is 9.88 Å². The van der Waals surface area contributed by atoms with Crippen molar-refractivity contribution in [2.45, 2.75) is 39.3 Å². The molecule has 3 aromatic rings. The van der Waals surface area contributed by atoms with Gasteiger partial charge in [-0.1, -0.05) is 55.0 Å². The maximum Gasteiger partial charge on any atom is 0.244 e. The second kappa shape index (κ2) is 9.05. The third-order valence-electron chi connectivity index (χ3n) is 4.90. The van der Waals surface area contributed by atoms with Gasteiger partial charge in [-0.15, -0.1) is 0 Å². The van der Waals surface area contributed by atoms with E-state index in [1.54, 1.807) is 6.08 Å². The molecule has 0 aliphatic rings. The summed E-state index contributed by atoms with van der Waals surface area (Å²) in [5, 5.41) is 13.0. The van der Waals surface area contributed by atoms with Crippen LogP contribution >= 0.6 is 0 Å². The van der Waals surface area contributed by atoms with E-state index in [1.165, 1.54) is 5.56 Å². The normalized spacial score (nSPS) is 12.2. The van der Waals surface area contributed by atoms with Crippen molar-refractivity contribution in [3.8, 4) is 6.07 Å². The van der Waals surface area contributed by atoms with Gasteiger partial charge in [-0.25, -0.2) is 0 Å². The summed E-state index contributed by atoms with van der Waals surface area (Å²) in [5.74, 6) is -0.110. The first-order valence-corrected chi connectivity index (χ1v) is 9.62. The molecule has 0 saturated carbocycles. The molecule has 1 amide bonds. The van der Waals surface area contributed by atoms with Crippen molar-refractivity contribution in [2.24, 2.45) is 0 Å². The van der Waals surface area contributed by atoms with E-state index in [4.69, 9.17) is 5.26 Å². The number of para-hydroxylation sites is 1. The summed E-state index contributed by atoms with van der Waals surface area (Å²) in [6.07, 6.45) is 6.73. The summed E-state index contributed by atoms with van der Waals surface area (Å²) in [6.45, 7) is 4.76. The minimum absolute atomic E-state index is 0.00489. The Morgan fingerprint density at radius 2 is 1.96 bits per heavy atom. The molecule has 142 valence electrons. The molecule has 4 heteroatoms. The molecule has 0 saturated heterocycles. The minimum Gasteiger partial charge on any atom is -0.346 e. The van der Waals surface area contributed by atoms with Crippen LogP contribution in [0.5, 0.6) is 0 Å². The quantitative estimate of drug-likeness (QED) is 0.584. The van der Waals surface area contributed by atoms with Crippen LogP contribution in [0.1, 0.15) is 42.5 Å². The zero-order valence-corrected chi connectivity index (χ0v) is 16.4. The molecule has 0 fully saturated rings. The summed E-state index contributed by atoms with van der Waals surface area (Å²) in [5.41, 5.74) is 4.37. The molecule has 28 heavy (non-hydrogen) atoms. The molecule has 2 aromatic carbocycles. The van der Waals surface area contributed by atoms with Crippen molar-refractivity contribution >= 4 is 22.9 Å². The monoisotopic (exact) mass is 371 g/mol. The average molecular weight is 371 g/mol. The van der Waals surface area contributed by atoms with Gasteiger partial charge in [-0.2, -0.15) is 5.26 Å². The van der Waals surface area contributed by atoms with Crippen LogP contribution in [0, 0.1) is 18.3 Å². The van der Waals surface area contributed by atoms with Crippen molar-refractivity contribution in [3.05, 3.63) is 77.5 Å². The van der Waals surface area contributed by atoms with Crippen molar-refractivity contribution < 1.29 is 4.79 Å². The van der Waals surface area contributed by atoms with Crippen molar-refractivity contribution in [2.75, 3.05) is 0 Å². The highest BCUT2D eigenvalue weighted by atomic mass is 16.1. The zero-order valence-electron chi connectivity index (χ0n) is 16.4. The fraction of sp³-hybridized carbons (Fsp3) is 0.250. The first kappa shape index (κ1) is 19.4. The largest absolute Gasteiger partial charge is 0.346 e. The highest BCUT2D eigenvalue weighted by molar-refractivity contribution is 5.96. The predicted molar refractivity (Wildman–Crippen MR) is 114 cm³/mol. The zero-order chi connectivity index (χ0) is 19.9. The van der Waals surface area contributed by atoms with Gasteiger partial charge in [0.05, 0.1) is 18.5 Å². The van der Waals surface area contributed by atoms with Crippen LogP contribution < -0.4 is 5.32 Å². The van der Waals surface area contributed by atoms with Crippen molar-refractivity contribution in [3.63, 3.8) is 0 Å². The summed E-state index contributed by atoms with van der Waals surface area (Å²) in [6, 6.07) is 18.5. The van der Waals surface area contributed by atoms with Crippen LogP contribution in [0.15, 0.2) is 60.8 Å². The molecule has 4 nitrogen and oxygen atoms in total. The molecular formula is C24H25N3O. The van der Waals surface area contributed by atoms with Gasteiger partial charge in [0.1, 0.15) is 0 Å². The molecule has 0 unspecified atom stereocenters. The van der Waals surface area contributed by atoms with E-state index in [1.807, 2.05) is 36.5 Å². The number of carbonyl (C=O) groups excluding carboxylic acids is 1. The van der Waals surface area contributed by atoms with Crippen molar-refractivity contribution in [1.29, 1.82) is 5.26 Å². The number of aromatic nitrogens is 1. The number of amides is 1. The molecule has 1 N–H and O–H groups in total. The molecule has 1 aromatic heterocycles. The van der Waals surface area contributed by atoms with E-state index >= 15 is 0 Å². The first-order chi connectivity index (χ1) is 13.6. The molecule has 0 aliphatic carbocycles. The lowest BCUT2D eigenvalue weighted by Gasteiger charge is -2.16. The first-order valence-electron chi connectivity index (χ1n) is 9.62. The maximum atomic E-state index is 12.5. The van der Waals surface area contributed by atoms with Crippen LogP contribution in [0.2, 0.25) is 0 Å². The second-order valence-electron chi connectivity index (χ2n) is 6.92. The number of hydrogen-bond acceptors (Lipinski definition) is 2. The standard InChI is InChI=1S/C24H25N3O/c1-3-22(19-11-9-18(2)10-12-19)26-24(28)14-13-20-17-27(16-6-15-25)23-8-5-4-7-21(20)23/h4-5,7-14,17,22H,3,6,16H2,1-2H3,(H,26,28)/b14-13+/t22-/m0/s1. The number of rotatable bonds is 7. The van der Waals surface area contributed by atoms with E-state index in [2.05, 4.69) is 54.1 Å². The number of nitrogens with zero attached hydrogens (tertiary/aromatic N) is 2. The van der Waals surface area contributed by atoms with Crippen LogP contribution in [-0.2, 0) is 11.3 Å². The molecule has 1 atom stereocenters. The van der Waals surface area contributed by atoms with Gasteiger partial charge in [0, 0.05) is 35.3 Å². The number of carbonyl (C=O) groups is 1. The van der Waals surface area contributed by atoms with Crippen molar-refractivity contribution in [1.82, 2.24) is 9.88 Å². The predicted octanol–water partition coefficient (Wildman–Crippen LogP) is 5.14. The Labute approximate surface area is 166 Å². The Bertz CT molecular complexity index is 1020. The molecule has 0 radical (unpaired) electrons. The Balaban J connectivity index is 1.76. The van der Waals surface area contributed by atoms with Gasteiger partial charge >= 0.3 is 0 Å². The molecule has 1 heterocycles. The average Bonchev–Trinajstić information content (AvgIpc) is 3.07. The van der Waals surface area contributed by atoms with E-state index in [0.29, 0.717) is 13.0 Å². The SMILES string of the molecule is CC[C@H](NC(=O)/C=C/c1cn(CCC#N)c2ccccc12)c1ccc(C)cc1. The molecule has 0 aliphatic heterocycles. The molecular weight excluding hydrogens is 346 g/mol. The van der Waals surface area contributed by atoms with Gasteiger partial charge in [-0.05, 0) is 31.1 Å². The number of nitriles is 1. The highest BCUT2D eigenvalue weighted by Gasteiger charge is 2.11. The summed E-state index contributed by atoms with van der Waals surface area (Å²) < 4.78 is 2.07. The molecule has 0 spiro atoms. The van der Waals surface area contributed by atoms with Gasteiger partial charge in [0.15, 0.2) is 0 Å². The van der Waals surface area contributed by atoms with Gasteiger partial charge in [-0.3, -0.25) is 4.79 Å². The number of hydrogen-bond donors (Lipinski definition) is 1. The smallest absolute Gasteiger partial charge is 0.244 e. The molecule has 0 bridgehead atoms. The van der Waals surface area contributed by atoms with Crippen LogP contribution in [0.4, 0.5) is 0 Å². The number of nitrogens with one attached hydrogen (secondary N) is 1. The minimum atomic E-state index is -0.110. The van der Waals surface area contributed by atoms with Gasteiger partial charge in [0.2, 0.25) is 5.91 Å². The Kier molecular flexibility index (Phi) is 6.29. The fourth-order valence-electron chi connectivity index (χ4n) is 3.37.